The van der Waals surface area contributed by atoms with Crippen molar-refractivity contribution in [2.75, 3.05) is 10.6 Å². The standard InChI is InChI=1S/C15H10BrFN2O2/c16-10-2-4-13(11(17)7-10)19-15(21)8-1-3-12-9(5-8)6-14(20)18-12/h1-5,7H,6H2,(H,18,20)(H,19,21). The van der Waals surface area contributed by atoms with E-state index in [4.69, 9.17) is 0 Å². The van der Waals surface area contributed by atoms with Crippen LogP contribution in [0.25, 0.3) is 0 Å². The van der Waals surface area contributed by atoms with Gasteiger partial charge in [0, 0.05) is 15.7 Å². The molecule has 0 saturated heterocycles. The molecule has 0 unspecified atom stereocenters. The van der Waals surface area contributed by atoms with E-state index in [1.807, 2.05) is 0 Å². The lowest BCUT2D eigenvalue weighted by Crippen LogP contribution is -2.13. The van der Waals surface area contributed by atoms with Crippen LogP contribution >= 0.6 is 15.9 Å². The Morgan fingerprint density at radius 1 is 1.24 bits per heavy atom. The normalized spacial score (nSPS) is 12.8. The highest BCUT2D eigenvalue weighted by Gasteiger charge is 2.19. The minimum absolute atomic E-state index is 0.0958. The lowest BCUT2D eigenvalue weighted by molar-refractivity contribution is -0.115. The largest absolute Gasteiger partial charge is 0.326 e. The summed E-state index contributed by atoms with van der Waals surface area (Å²) in [4.78, 5) is 23.4. The second-order valence-corrected chi connectivity index (χ2v) is 5.59. The third kappa shape index (κ3) is 2.80. The highest BCUT2D eigenvalue weighted by Crippen LogP contribution is 2.25. The summed E-state index contributed by atoms with van der Waals surface area (Å²) in [5.41, 5.74) is 1.97. The molecule has 0 aliphatic carbocycles. The number of rotatable bonds is 2. The monoisotopic (exact) mass is 348 g/mol. The van der Waals surface area contributed by atoms with Gasteiger partial charge in [0.05, 0.1) is 12.1 Å². The minimum atomic E-state index is -0.518. The lowest BCUT2D eigenvalue weighted by atomic mass is 10.1. The number of carbonyl (C=O) groups is 2. The van der Waals surface area contributed by atoms with Gasteiger partial charge >= 0.3 is 0 Å². The summed E-state index contributed by atoms with van der Waals surface area (Å²) < 4.78 is 14.3. The Labute approximate surface area is 128 Å². The number of halogens is 2. The summed E-state index contributed by atoms with van der Waals surface area (Å²) in [6, 6.07) is 9.31. The van der Waals surface area contributed by atoms with Crippen LogP contribution in [0, 0.1) is 5.82 Å². The SMILES string of the molecule is O=C1Cc2cc(C(=O)Nc3ccc(Br)cc3F)ccc2N1. The van der Waals surface area contributed by atoms with Crippen molar-refractivity contribution in [3.05, 3.63) is 57.8 Å². The number of carbonyl (C=O) groups excluding carboxylic acids is 2. The van der Waals surface area contributed by atoms with Crippen LogP contribution in [0.2, 0.25) is 0 Å². The maximum absolute atomic E-state index is 13.7. The Morgan fingerprint density at radius 3 is 2.81 bits per heavy atom. The lowest BCUT2D eigenvalue weighted by Gasteiger charge is -2.08. The average Bonchev–Trinajstić information content (AvgIpc) is 2.80. The van der Waals surface area contributed by atoms with E-state index < -0.39 is 11.7 Å². The van der Waals surface area contributed by atoms with Crippen molar-refractivity contribution in [1.82, 2.24) is 0 Å². The first-order valence-electron chi connectivity index (χ1n) is 6.22. The van der Waals surface area contributed by atoms with Crippen LogP contribution in [0.4, 0.5) is 15.8 Å². The van der Waals surface area contributed by atoms with Crippen molar-refractivity contribution in [3.8, 4) is 0 Å². The smallest absolute Gasteiger partial charge is 0.255 e. The molecule has 2 amide bonds. The highest BCUT2D eigenvalue weighted by atomic mass is 79.9. The molecule has 1 heterocycles. The van der Waals surface area contributed by atoms with Gasteiger partial charge in [-0.25, -0.2) is 4.39 Å². The van der Waals surface area contributed by atoms with Crippen LogP contribution in [-0.4, -0.2) is 11.8 Å². The zero-order valence-electron chi connectivity index (χ0n) is 10.7. The van der Waals surface area contributed by atoms with Crippen molar-refractivity contribution in [2.24, 2.45) is 0 Å². The van der Waals surface area contributed by atoms with Gasteiger partial charge in [0.1, 0.15) is 5.82 Å². The topological polar surface area (TPSA) is 58.2 Å². The summed E-state index contributed by atoms with van der Waals surface area (Å²) >= 11 is 3.16. The molecule has 0 atom stereocenters. The number of fused-ring (bicyclic) bond motifs is 1. The molecule has 6 heteroatoms. The molecule has 2 aromatic carbocycles. The summed E-state index contributed by atoms with van der Waals surface area (Å²) in [6.07, 6.45) is 0.253. The molecule has 0 fully saturated rings. The fourth-order valence-corrected chi connectivity index (χ4v) is 2.49. The van der Waals surface area contributed by atoms with E-state index in [2.05, 4.69) is 26.6 Å². The number of hydrogen-bond donors (Lipinski definition) is 2. The second-order valence-electron chi connectivity index (χ2n) is 4.68. The molecule has 3 rings (SSSR count). The van der Waals surface area contributed by atoms with Crippen LogP contribution in [0.15, 0.2) is 40.9 Å². The highest BCUT2D eigenvalue weighted by molar-refractivity contribution is 9.10. The summed E-state index contributed by atoms with van der Waals surface area (Å²) in [5, 5.41) is 5.21. The molecule has 106 valence electrons. The zero-order valence-corrected chi connectivity index (χ0v) is 12.3. The van der Waals surface area contributed by atoms with Gasteiger partial charge in [-0.3, -0.25) is 9.59 Å². The Hall–Kier alpha value is -2.21. The van der Waals surface area contributed by atoms with Crippen molar-refractivity contribution in [3.63, 3.8) is 0 Å². The molecule has 2 aromatic rings. The van der Waals surface area contributed by atoms with E-state index in [1.54, 1.807) is 24.3 Å². The molecule has 1 aliphatic heterocycles. The Kier molecular flexibility index (Phi) is 3.47. The second kappa shape index (κ2) is 5.29. The van der Waals surface area contributed by atoms with Crippen molar-refractivity contribution >= 4 is 39.1 Å². The first-order chi connectivity index (χ1) is 10.0. The molecule has 0 aromatic heterocycles. The van der Waals surface area contributed by atoms with E-state index in [-0.39, 0.29) is 18.0 Å². The zero-order chi connectivity index (χ0) is 15.0. The van der Waals surface area contributed by atoms with Crippen LogP contribution in [0.1, 0.15) is 15.9 Å². The summed E-state index contributed by atoms with van der Waals surface area (Å²) in [7, 11) is 0. The molecule has 21 heavy (non-hydrogen) atoms. The van der Waals surface area contributed by atoms with Crippen LogP contribution in [0.5, 0.6) is 0 Å². The number of nitrogens with one attached hydrogen (secondary N) is 2. The number of amides is 2. The van der Waals surface area contributed by atoms with Gasteiger partial charge in [-0.1, -0.05) is 15.9 Å². The van der Waals surface area contributed by atoms with Crippen LogP contribution in [-0.2, 0) is 11.2 Å². The number of benzene rings is 2. The van der Waals surface area contributed by atoms with E-state index >= 15 is 0 Å². The predicted octanol–water partition coefficient (Wildman–Crippen LogP) is 3.34. The molecule has 4 nitrogen and oxygen atoms in total. The first-order valence-corrected chi connectivity index (χ1v) is 7.01. The molecular formula is C15H10BrFN2O2. The van der Waals surface area contributed by atoms with E-state index in [0.717, 1.165) is 5.56 Å². The Bertz CT molecular complexity index is 761. The van der Waals surface area contributed by atoms with E-state index in [1.165, 1.54) is 12.1 Å². The average molecular weight is 349 g/mol. The maximum Gasteiger partial charge on any atom is 0.255 e. The van der Waals surface area contributed by atoms with Gasteiger partial charge in [0.15, 0.2) is 0 Å². The third-order valence-electron chi connectivity index (χ3n) is 3.17. The summed E-state index contributed by atoms with van der Waals surface area (Å²) in [6.45, 7) is 0. The molecule has 1 aliphatic rings. The quantitative estimate of drug-likeness (QED) is 0.874. The van der Waals surface area contributed by atoms with Gasteiger partial charge in [-0.2, -0.15) is 0 Å². The molecule has 2 N–H and O–H groups in total. The van der Waals surface area contributed by atoms with Gasteiger partial charge in [0.2, 0.25) is 5.91 Å². The van der Waals surface area contributed by atoms with Gasteiger partial charge in [0.25, 0.3) is 5.91 Å². The van der Waals surface area contributed by atoms with E-state index in [9.17, 15) is 14.0 Å². The van der Waals surface area contributed by atoms with Crippen molar-refractivity contribution in [1.29, 1.82) is 0 Å². The van der Waals surface area contributed by atoms with Crippen molar-refractivity contribution in [2.45, 2.75) is 6.42 Å². The van der Waals surface area contributed by atoms with Gasteiger partial charge in [-0.05, 0) is 42.0 Å². The molecule has 0 radical (unpaired) electrons. The maximum atomic E-state index is 13.7. The van der Waals surface area contributed by atoms with Crippen LogP contribution in [0.3, 0.4) is 0 Å². The van der Waals surface area contributed by atoms with E-state index in [0.29, 0.717) is 15.7 Å². The summed E-state index contributed by atoms with van der Waals surface area (Å²) in [5.74, 6) is -1.03. The van der Waals surface area contributed by atoms with Crippen LogP contribution < -0.4 is 10.6 Å². The predicted molar refractivity (Wildman–Crippen MR) is 80.8 cm³/mol. The first kappa shape index (κ1) is 13.8. The Balaban J connectivity index is 1.83. The number of anilines is 2. The molecule has 0 spiro atoms. The fraction of sp³-hybridized carbons (Fsp3) is 0.0667. The molecular weight excluding hydrogens is 339 g/mol. The molecule has 0 saturated carbocycles. The Morgan fingerprint density at radius 2 is 2.05 bits per heavy atom. The fourth-order valence-electron chi connectivity index (χ4n) is 2.16. The minimum Gasteiger partial charge on any atom is -0.326 e. The van der Waals surface area contributed by atoms with Crippen molar-refractivity contribution < 1.29 is 14.0 Å². The molecule has 0 bridgehead atoms. The third-order valence-corrected chi connectivity index (χ3v) is 3.67. The van der Waals surface area contributed by atoms with Gasteiger partial charge in [-0.15, -0.1) is 0 Å². The number of hydrogen-bond acceptors (Lipinski definition) is 2. The van der Waals surface area contributed by atoms with Gasteiger partial charge < -0.3 is 10.6 Å².